The summed E-state index contributed by atoms with van der Waals surface area (Å²) < 4.78 is 10.3. The van der Waals surface area contributed by atoms with Gasteiger partial charge in [0.2, 0.25) is 0 Å². The van der Waals surface area contributed by atoms with E-state index >= 15 is 0 Å². The van der Waals surface area contributed by atoms with Crippen LogP contribution < -0.4 is 4.74 Å². The predicted molar refractivity (Wildman–Crippen MR) is 80.8 cm³/mol. The topological polar surface area (TPSA) is 35.5 Å². The highest BCUT2D eigenvalue weighted by atomic mass is 16.5. The van der Waals surface area contributed by atoms with Crippen molar-refractivity contribution in [2.75, 3.05) is 13.7 Å². The molecule has 3 heteroatoms. The van der Waals surface area contributed by atoms with Crippen LogP contribution in [0.15, 0.2) is 42.5 Å². The maximum atomic E-state index is 11.3. The predicted octanol–water partition coefficient (Wildman–Crippen LogP) is 3.81. The summed E-state index contributed by atoms with van der Waals surface area (Å²) in [5.41, 5.74) is 0.981. The molecule has 3 nitrogen and oxygen atoms in total. The number of esters is 1. The van der Waals surface area contributed by atoms with Gasteiger partial charge < -0.3 is 9.47 Å². The molecule has 0 unspecified atom stereocenters. The van der Waals surface area contributed by atoms with Gasteiger partial charge >= 0.3 is 5.97 Å². The van der Waals surface area contributed by atoms with E-state index in [0.29, 0.717) is 6.61 Å². The first-order chi connectivity index (χ1) is 9.76. The zero-order valence-corrected chi connectivity index (χ0v) is 11.8. The highest BCUT2D eigenvalue weighted by Gasteiger charge is 2.05. The Morgan fingerprint density at radius 3 is 2.75 bits per heavy atom. The van der Waals surface area contributed by atoms with E-state index in [1.54, 1.807) is 14.0 Å². The van der Waals surface area contributed by atoms with E-state index in [1.165, 1.54) is 0 Å². The van der Waals surface area contributed by atoms with Gasteiger partial charge in [0.25, 0.3) is 0 Å². The number of hydrogen-bond acceptors (Lipinski definition) is 3. The van der Waals surface area contributed by atoms with E-state index < -0.39 is 0 Å². The van der Waals surface area contributed by atoms with E-state index in [4.69, 9.17) is 9.47 Å². The summed E-state index contributed by atoms with van der Waals surface area (Å²) in [6, 6.07) is 12.0. The van der Waals surface area contributed by atoms with E-state index in [9.17, 15) is 4.79 Å². The number of carbonyl (C=O) groups excluding carboxylic acids is 1. The molecule has 0 amide bonds. The Labute approximate surface area is 118 Å². The Morgan fingerprint density at radius 2 is 2.00 bits per heavy atom. The van der Waals surface area contributed by atoms with Crippen molar-refractivity contribution in [2.45, 2.75) is 13.3 Å². The summed E-state index contributed by atoms with van der Waals surface area (Å²) in [5, 5.41) is 2.25. The molecule has 0 aliphatic heterocycles. The van der Waals surface area contributed by atoms with Gasteiger partial charge in [-0.05, 0) is 23.8 Å². The van der Waals surface area contributed by atoms with Crippen LogP contribution in [0.2, 0.25) is 0 Å². The Balaban J connectivity index is 2.31. The molecule has 0 saturated carbocycles. The fourth-order valence-electron chi connectivity index (χ4n) is 2.12. The minimum atomic E-state index is -0.219. The van der Waals surface area contributed by atoms with E-state index in [0.717, 1.165) is 22.1 Å². The third-order valence-electron chi connectivity index (χ3n) is 3.02. The van der Waals surface area contributed by atoms with Gasteiger partial charge in [0.15, 0.2) is 0 Å². The molecule has 2 aromatic carbocycles. The summed E-state index contributed by atoms with van der Waals surface area (Å²) in [5.74, 6) is 0.576. The lowest BCUT2D eigenvalue weighted by Crippen LogP contribution is -2.01. The van der Waals surface area contributed by atoms with Crippen LogP contribution in [-0.2, 0) is 9.53 Å². The molecule has 2 rings (SSSR count). The smallest absolute Gasteiger partial charge is 0.309 e. The number of benzene rings is 2. The van der Waals surface area contributed by atoms with Gasteiger partial charge in [0, 0.05) is 5.56 Å². The molecule has 0 radical (unpaired) electrons. The van der Waals surface area contributed by atoms with Gasteiger partial charge in [-0.1, -0.05) is 42.5 Å². The molecular weight excluding hydrogens is 252 g/mol. The summed E-state index contributed by atoms with van der Waals surface area (Å²) in [4.78, 5) is 11.3. The first-order valence-electron chi connectivity index (χ1n) is 6.64. The molecule has 104 valence electrons. The van der Waals surface area contributed by atoms with Crippen molar-refractivity contribution in [3.8, 4) is 5.75 Å². The Morgan fingerprint density at radius 1 is 1.20 bits per heavy atom. The first-order valence-corrected chi connectivity index (χ1v) is 6.64. The van der Waals surface area contributed by atoms with Crippen LogP contribution in [0, 0.1) is 0 Å². The monoisotopic (exact) mass is 270 g/mol. The molecule has 0 fully saturated rings. The summed E-state index contributed by atoms with van der Waals surface area (Å²) >= 11 is 0. The van der Waals surface area contributed by atoms with Gasteiger partial charge in [-0.25, -0.2) is 0 Å². The maximum absolute atomic E-state index is 11.3. The standard InChI is InChI=1S/C17H18O3/c1-3-20-17(18)10-6-9-15-14-8-5-4-7-13(14)11-12-16(15)19-2/h4-9,11-12H,3,10H2,1-2H3. The van der Waals surface area contributed by atoms with E-state index in [1.807, 2.05) is 42.5 Å². The van der Waals surface area contributed by atoms with Gasteiger partial charge in [0.1, 0.15) is 5.75 Å². The van der Waals surface area contributed by atoms with Gasteiger partial charge in [-0.3, -0.25) is 4.79 Å². The fraction of sp³-hybridized carbons (Fsp3) is 0.235. The van der Waals surface area contributed by atoms with Crippen LogP contribution >= 0.6 is 0 Å². The molecular formula is C17H18O3. The van der Waals surface area contributed by atoms with Crippen molar-refractivity contribution in [3.63, 3.8) is 0 Å². The van der Waals surface area contributed by atoms with Crippen LogP contribution in [0.4, 0.5) is 0 Å². The van der Waals surface area contributed by atoms with Crippen molar-refractivity contribution < 1.29 is 14.3 Å². The second-order valence-corrected chi connectivity index (χ2v) is 4.31. The number of hydrogen-bond donors (Lipinski definition) is 0. The molecule has 0 aromatic heterocycles. The van der Waals surface area contributed by atoms with Crippen molar-refractivity contribution in [2.24, 2.45) is 0 Å². The summed E-state index contributed by atoms with van der Waals surface area (Å²) in [6.07, 6.45) is 3.99. The minimum Gasteiger partial charge on any atom is -0.496 e. The number of rotatable bonds is 5. The number of carbonyl (C=O) groups is 1. The lowest BCUT2D eigenvalue weighted by molar-refractivity contribution is -0.142. The molecule has 0 bridgehead atoms. The number of ether oxygens (including phenoxy) is 2. The van der Waals surface area contributed by atoms with E-state index in [-0.39, 0.29) is 12.4 Å². The number of fused-ring (bicyclic) bond motifs is 1. The average molecular weight is 270 g/mol. The Hall–Kier alpha value is -2.29. The normalized spacial score (nSPS) is 10.9. The SMILES string of the molecule is CCOC(=O)CC=Cc1c(OC)ccc2ccccc12. The molecule has 0 aliphatic rings. The third-order valence-corrected chi connectivity index (χ3v) is 3.02. The van der Waals surface area contributed by atoms with Crippen molar-refractivity contribution >= 4 is 22.8 Å². The second kappa shape index (κ2) is 6.75. The van der Waals surface area contributed by atoms with Crippen LogP contribution in [0.5, 0.6) is 5.75 Å². The van der Waals surface area contributed by atoms with Crippen molar-refractivity contribution in [1.29, 1.82) is 0 Å². The maximum Gasteiger partial charge on any atom is 0.309 e. The fourth-order valence-corrected chi connectivity index (χ4v) is 2.12. The minimum absolute atomic E-state index is 0.219. The number of methoxy groups -OCH3 is 1. The Kier molecular flexibility index (Phi) is 4.77. The van der Waals surface area contributed by atoms with Gasteiger partial charge in [0.05, 0.1) is 20.1 Å². The zero-order valence-electron chi connectivity index (χ0n) is 11.8. The molecule has 20 heavy (non-hydrogen) atoms. The molecule has 0 saturated heterocycles. The first kappa shape index (κ1) is 14.1. The highest BCUT2D eigenvalue weighted by molar-refractivity contribution is 5.93. The van der Waals surface area contributed by atoms with Crippen LogP contribution in [0.25, 0.3) is 16.8 Å². The van der Waals surface area contributed by atoms with Crippen molar-refractivity contribution in [1.82, 2.24) is 0 Å². The summed E-state index contributed by atoms with van der Waals surface area (Å²) in [7, 11) is 1.65. The second-order valence-electron chi connectivity index (χ2n) is 4.31. The van der Waals surface area contributed by atoms with E-state index in [2.05, 4.69) is 6.07 Å². The average Bonchev–Trinajstić information content (AvgIpc) is 2.47. The molecule has 0 heterocycles. The zero-order chi connectivity index (χ0) is 14.4. The lowest BCUT2D eigenvalue weighted by atomic mass is 10.0. The Bertz CT molecular complexity index is 629. The van der Waals surface area contributed by atoms with Crippen LogP contribution in [0.1, 0.15) is 18.9 Å². The quantitative estimate of drug-likeness (QED) is 0.775. The van der Waals surface area contributed by atoms with Gasteiger partial charge in [-0.15, -0.1) is 0 Å². The largest absolute Gasteiger partial charge is 0.496 e. The highest BCUT2D eigenvalue weighted by Crippen LogP contribution is 2.29. The molecule has 0 atom stereocenters. The summed E-state index contributed by atoms with van der Waals surface area (Å²) in [6.45, 7) is 2.21. The molecule has 0 aliphatic carbocycles. The molecule has 0 spiro atoms. The molecule has 0 N–H and O–H groups in total. The van der Waals surface area contributed by atoms with Crippen LogP contribution in [-0.4, -0.2) is 19.7 Å². The van der Waals surface area contributed by atoms with Crippen molar-refractivity contribution in [3.05, 3.63) is 48.0 Å². The third kappa shape index (κ3) is 3.18. The van der Waals surface area contributed by atoms with Gasteiger partial charge in [-0.2, -0.15) is 0 Å². The van der Waals surface area contributed by atoms with Crippen LogP contribution in [0.3, 0.4) is 0 Å². The molecule has 2 aromatic rings. The lowest BCUT2D eigenvalue weighted by Gasteiger charge is -2.08.